The van der Waals surface area contributed by atoms with Gasteiger partial charge in [-0.25, -0.2) is 0 Å². The van der Waals surface area contributed by atoms with E-state index in [2.05, 4.69) is 15.2 Å². The number of benzene rings is 2. The third-order valence-corrected chi connectivity index (χ3v) is 7.21. The smallest absolute Gasteiger partial charge is 0.416 e. The second-order valence-corrected chi connectivity index (χ2v) is 9.40. The molecular weight excluding hydrogens is 489 g/mol. The van der Waals surface area contributed by atoms with Crippen LogP contribution in [0.1, 0.15) is 21.6 Å². The largest absolute Gasteiger partial charge is 0.492 e. The summed E-state index contributed by atoms with van der Waals surface area (Å²) in [6.07, 6.45) is -3.00. The standard InChI is InChI=1S/C23H18ClF3N4O2S/c1-33-16-10-31(11-16)22-29-21(32)20(34-22)17(12-3-5-19-14(6-12)9-28-30-19)7-13-2-4-15(24)8-18(13)23(25,26)27/h2-6,8-9,16,32H,7,10-11H2,1H3. The first-order valence-electron chi connectivity index (χ1n) is 10.3. The van der Waals surface area contributed by atoms with Crippen LogP contribution in [0.3, 0.4) is 0 Å². The number of fused-ring (bicyclic) bond motifs is 1. The Bertz CT molecular complexity index is 1410. The van der Waals surface area contributed by atoms with Crippen molar-refractivity contribution in [1.29, 1.82) is 0 Å². The zero-order chi connectivity index (χ0) is 24.0. The Morgan fingerprint density at radius 1 is 1.24 bits per heavy atom. The number of anilines is 1. The summed E-state index contributed by atoms with van der Waals surface area (Å²) in [7, 11) is 1.63. The molecule has 2 aliphatic rings. The lowest BCUT2D eigenvalue weighted by molar-refractivity contribution is -0.138. The van der Waals surface area contributed by atoms with E-state index in [1.807, 2.05) is 4.90 Å². The van der Waals surface area contributed by atoms with Gasteiger partial charge in [-0.15, -0.1) is 0 Å². The first-order valence-corrected chi connectivity index (χ1v) is 11.5. The highest BCUT2D eigenvalue weighted by Crippen LogP contribution is 2.40. The molecule has 0 spiro atoms. The van der Waals surface area contributed by atoms with Crippen LogP contribution in [-0.4, -0.2) is 42.6 Å². The van der Waals surface area contributed by atoms with Gasteiger partial charge in [-0.3, -0.25) is 0 Å². The lowest BCUT2D eigenvalue weighted by atomic mass is 9.96. The maximum atomic E-state index is 13.8. The number of methoxy groups -OCH3 is 1. The molecule has 0 amide bonds. The minimum absolute atomic E-state index is 0.00128. The maximum absolute atomic E-state index is 13.8. The number of hydrogen-bond donors (Lipinski definition) is 1. The van der Waals surface area contributed by atoms with Gasteiger partial charge in [0.05, 0.1) is 28.1 Å². The quantitative estimate of drug-likeness (QED) is 0.572. The fourth-order valence-corrected chi connectivity index (χ4v) is 5.15. The van der Waals surface area contributed by atoms with E-state index in [1.165, 1.54) is 23.5 Å². The molecule has 0 radical (unpaired) electrons. The number of thiazole rings is 1. The van der Waals surface area contributed by atoms with E-state index in [0.29, 0.717) is 39.2 Å². The summed E-state index contributed by atoms with van der Waals surface area (Å²) in [5.74, 6) is -0.225. The van der Waals surface area contributed by atoms with Gasteiger partial charge < -0.3 is 14.7 Å². The Hall–Kier alpha value is -2.95. The summed E-state index contributed by atoms with van der Waals surface area (Å²) in [6, 6.07) is 9.04. The number of aromatic hydroxyl groups is 1. The number of hydrogen-bond acceptors (Lipinski definition) is 7. The predicted molar refractivity (Wildman–Crippen MR) is 124 cm³/mol. The fraction of sp³-hybridized carbons (Fsp3) is 0.261. The van der Waals surface area contributed by atoms with E-state index >= 15 is 0 Å². The molecule has 0 saturated carbocycles. The highest BCUT2D eigenvalue weighted by Gasteiger charge is 2.34. The molecule has 0 aliphatic carbocycles. The van der Waals surface area contributed by atoms with E-state index in [1.54, 1.807) is 31.5 Å². The lowest BCUT2D eigenvalue weighted by Gasteiger charge is -2.37. The van der Waals surface area contributed by atoms with Crippen LogP contribution in [0, 0.1) is 0 Å². The van der Waals surface area contributed by atoms with Crippen LogP contribution >= 0.6 is 22.9 Å². The molecule has 5 rings (SSSR count). The minimum Gasteiger partial charge on any atom is -0.492 e. The van der Waals surface area contributed by atoms with E-state index in [0.717, 1.165) is 11.6 Å². The van der Waals surface area contributed by atoms with Crippen molar-refractivity contribution in [1.82, 2.24) is 4.98 Å². The summed E-state index contributed by atoms with van der Waals surface area (Å²) in [5, 5.41) is 20.5. The fourth-order valence-electron chi connectivity index (χ4n) is 3.94. The highest BCUT2D eigenvalue weighted by molar-refractivity contribution is 7.17. The van der Waals surface area contributed by atoms with Crippen molar-refractivity contribution in [2.75, 3.05) is 25.1 Å². The summed E-state index contributed by atoms with van der Waals surface area (Å²) < 4.78 is 46.7. The topological polar surface area (TPSA) is 70.3 Å². The van der Waals surface area contributed by atoms with Crippen LogP contribution in [-0.2, 0) is 17.3 Å². The Kier molecular flexibility index (Phi) is 5.83. The van der Waals surface area contributed by atoms with Crippen molar-refractivity contribution in [2.45, 2.75) is 18.7 Å². The molecule has 1 fully saturated rings. The molecule has 3 aromatic rings. The number of halogens is 4. The summed E-state index contributed by atoms with van der Waals surface area (Å²) >= 11 is 7.11. The summed E-state index contributed by atoms with van der Waals surface area (Å²) in [5.41, 5.74) is 0.492. The molecule has 1 N–H and O–H groups in total. The maximum Gasteiger partial charge on any atom is 0.416 e. The van der Waals surface area contributed by atoms with Gasteiger partial charge in [-0.1, -0.05) is 35.1 Å². The number of nitrogens with zero attached hydrogens (tertiary/aromatic N) is 4. The number of alkyl halides is 3. The van der Waals surface area contributed by atoms with Gasteiger partial charge in [-0.05, 0) is 40.6 Å². The van der Waals surface area contributed by atoms with Gasteiger partial charge in [-0.2, -0.15) is 28.4 Å². The van der Waals surface area contributed by atoms with Gasteiger partial charge in [0.15, 0.2) is 5.13 Å². The van der Waals surface area contributed by atoms with E-state index in [4.69, 9.17) is 16.3 Å². The Balaban J connectivity index is 1.65. The molecule has 0 bridgehead atoms. The van der Waals surface area contributed by atoms with Crippen molar-refractivity contribution < 1.29 is 23.0 Å². The van der Waals surface area contributed by atoms with E-state index in [9.17, 15) is 18.3 Å². The molecule has 0 atom stereocenters. The first kappa shape index (κ1) is 22.8. The molecule has 1 aromatic heterocycles. The van der Waals surface area contributed by atoms with Gasteiger partial charge in [0.1, 0.15) is 0 Å². The van der Waals surface area contributed by atoms with Crippen LogP contribution in [0.25, 0.3) is 5.57 Å². The molecule has 0 unspecified atom stereocenters. The van der Waals surface area contributed by atoms with Crippen LogP contribution in [0.4, 0.5) is 18.3 Å². The average molecular weight is 507 g/mol. The van der Waals surface area contributed by atoms with Crippen molar-refractivity contribution in [3.05, 3.63) is 73.6 Å². The van der Waals surface area contributed by atoms with Gasteiger partial charge in [0.2, 0.25) is 5.88 Å². The van der Waals surface area contributed by atoms with Crippen LogP contribution < -0.4 is 15.5 Å². The number of rotatable bonds is 5. The molecule has 3 heterocycles. The molecule has 11 heteroatoms. The zero-order valence-corrected chi connectivity index (χ0v) is 19.4. The summed E-state index contributed by atoms with van der Waals surface area (Å²) in [4.78, 5) is 6.65. The number of ether oxygens (including phenoxy) is 1. The van der Waals surface area contributed by atoms with Crippen molar-refractivity contribution >= 4 is 39.9 Å². The van der Waals surface area contributed by atoms with Crippen LogP contribution in [0.15, 0.2) is 46.6 Å². The monoisotopic (exact) mass is 506 g/mol. The molecule has 2 aromatic carbocycles. The minimum atomic E-state index is -4.58. The summed E-state index contributed by atoms with van der Waals surface area (Å²) in [6.45, 7) is 1.26. The third-order valence-electron chi connectivity index (χ3n) is 5.81. The predicted octanol–water partition coefficient (Wildman–Crippen LogP) is 3.76. The third kappa shape index (κ3) is 4.28. The van der Waals surface area contributed by atoms with Crippen LogP contribution in [0.2, 0.25) is 5.02 Å². The van der Waals surface area contributed by atoms with E-state index < -0.39 is 11.7 Å². The molecule has 176 valence electrons. The average Bonchev–Trinajstić information content (AvgIpc) is 3.37. The van der Waals surface area contributed by atoms with Crippen molar-refractivity contribution in [3.63, 3.8) is 0 Å². The van der Waals surface area contributed by atoms with Crippen molar-refractivity contribution in [2.24, 2.45) is 10.2 Å². The molecular formula is C23H18ClF3N4O2S. The van der Waals surface area contributed by atoms with Gasteiger partial charge in [0.25, 0.3) is 0 Å². The van der Waals surface area contributed by atoms with Gasteiger partial charge >= 0.3 is 6.18 Å². The Morgan fingerprint density at radius 3 is 2.76 bits per heavy atom. The normalized spacial score (nSPS) is 16.3. The molecule has 34 heavy (non-hydrogen) atoms. The molecule has 2 aliphatic heterocycles. The first-order chi connectivity index (χ1) is 16.2. The number of aromatic nitrogens is 1. The Morgan fingerprint density at radius 2 is 2.03 bits per heavy atom. The van der Waals surface area contributed by atoms with Crippen molar-refractivity contribution in [3.8, 4) is 5.88 Å². The second kappa shape index (κ2) is 8.68. The van der Waals surface area contributed by atoms with Crippen LogP contribution in [0.5, 0.6) is 5.88 Å². The lowest BCUT2D eigenvalue weighted by Crippen LogP contribution is -2.51. The second-order valence-electron chi connectivity index (χ2n) is 7.98. The SMILES string of the molecule is COC1CN(c2nc(O)c(C(Cc3ccc(Cl)cc3C(F)(F)F)=c3ccc4c(c3)C=NN=4)s2)C1. The zero-order valence-electron chi connectivity index (χ0n) is 17.8. The van der Waals surface area contributed by atoms with Gasteiger partial charge in [0, 0.05) is 37.2 Å². The highest BCUT2D eigenvalue weighted by atomic mass is 35.5. The molecule has 1 saturated heterocycles. The Labute approximate surface area is 201 Å². The van der Waals surface area contributed by atoms with E-state index in [-0.39, 0.29) is 29.0 Å². The molecule has 6 nitrogen and oxygen atoms in total.